The third kappa shape index (κ3) is 3.25. The van der Waals surface area contributed by atoms with Gasteiger partial charge in [0, 0.05) is 10.9 Å². The molecular weight excluding hydrogens is 395 g/mol. The number of benzene rings is 2. The highest BCUT2D eigenvalue weighted by atomic mass is 32.2. The summed E-state index contributed by atoms with van der Waals surface area (Å²) in [5, 5.41) is 1.73. The second kappa shape index (κ2) is 6.71. The third-order valence-electron chi connectivity index (χ3n) is 4.29. The van der Waals surface area contributed by atoms with Gasteiger partial charge < -0.3 is 5.73 Å². The summed E-state index contributed by atoms with van der Waals surface area (Å²) < 4.78 is 27.1. The van der Waals surface area contributed by atoms with Gasteiger partial charge in [-0.1, -0.05) is 35.9 Å². The van der Waals surface area contributed by atoms with Crippen LogP contribution in [-0.4, -0.2) is 13.4 Å². The van der Waals surface area contributed by atoms with Crippen molar-refractivity contribution in [3.05, 3.63) is 66.4 Å². The molecule has 0 aliphatic carbocycles. The van der Waals surface area contributed by atoms with Crippen LogP contribution in [0.5, 0.6) is 0 Å². The number of nitrogens with zero attached hydrogens (tertiary/aromatic N) is 1. The summed E-state index contributed by atoms with van der Waals surface area (Å²) in [6.07, 6.45) is 1.55. The van der Waals surface area contributed by atoms with Gasteiger partial charge in [0.25, 0.3) is 0 Å². The Labute approximate surface area is 164 Å². The van der Waals surface area contributed by atoms with Crippen molar-refractivity contribution in [1.29, 1.82) is 0 Å². The summed E-state index contributed by atoms with van der Waals surface area (Å²) in [6.45, 7) is 1.93. The molecule has 4 nitrogen and oxygen atoms in total. The SMILES string of the molecule is Cc1ccc(S(=O)(=O)c2sc3ncc(N)cc3c2-c2cccc(P)c2)cc1. The van der Waals surface area contributed by atoms with Gasteiger partial charge in [-0.2, -0.15) is 0 Å². The molecule has 0 radical (unpaired) electrons. The molecule has 0 bridgehead atoms. The number of aromatic nitrogens is 1. The molecule has 0 aliphatic rings. The Morgan fingerprint density at radius 2 is 1.81 bits per heavy atom. The number of anilines is 1. The molecule has 1 atom stereocenters. The monoisotopic (exact) mass is 412 g/mol. The lowest BCUT2D eigenvalue weighted by Gasteiger charge is -2.08. The molecule has 2 aromatic carbocycles. The van der Waals surface area contributed by atoms with Crippen molar-refractivity contribution in [2.45, 2.75) is 16.0 Å². The van der Waals surface area contributed by atoms with Crippen LogP contribution in [0.3, 0.4) is 0 Å². The predicted octanol–water partition coefficient (Wildman–Crippen LogP) is 4.19. The molecule has 2 N–H and O–H groups in total. The number of nitrogen functional groups attached to an aromatic ring is 1. The topological polar surface area (TPSA) is 73.0 Å². The molecule has 4 rings (SSSR count). The highest BCUT2D eigenvalue weighted by Crippen LogP contribution is 2.43. The standard InChI is InChI=1S/C20H17N2O2PS2/c1-12-5-7-16(8-6-12)27(23,24)20-18(13-3-2-4-15(25)9-13)17-10-14(21)11-22-19(17)26-20/h2-11H,21,25H2,1H3. The molecule has 0 saturated heterocycles. The summed E-state index contributed by atoms with van der Waals surface area (Å²) in [5.74, 6) is 0. The van der Waals surface area contributed by atoms with E-state index in [9.17, 15) is 8.42 Å². The van der Waals surface area contributed by atoms with Crippen LogP contribution in [0.1, 0.15) is 5.56 Å². The van der Waals surface area contributed by atoms with Crippen molar-refractivity contribution in [1.82, 2.24) is 4.98 Å². The smallest absolute Gasteiger partial charge is 0.216 e. The zero-order valence-electron chi connectivity index (χ0n) is 14.5. The molecule has 0 amide bonds. The van der Waals surface area contributed by atoms with E-state index in [1.54, 1.807) is 36.5 Å². The van der Waals surface area contributed by atoms with E-state index in [4.69, 9.17) is 5.73 Å². The minimum atomic E-state index is -3.69. The largest absolute Gasteiger partial charge is 0.397 e. The molecule has 2 heterocycles. The predicted molar refractivity (Wildman–Crippen MR) is 115 cm³/mol. The molecule has 1 unspecified atom stereocenters. The Balaban J connectivity index is 2.06. The number of pyridine rings is 1. The van der Waals surface area contributed by atoms with E-state index in [1.165, 1.54) is 11.3 Å². The molecular formula is C20H17N2O2PS2. The van der Waals surface area contributed by atoms with Crippen LogP contribution in [0.4, 0.5) is 5.69 Å². The first kappa shape index (κ1) is 18.1. The van der Waals surface area contributed by atoms with E-state index in [0.29, 0.717) is 16.1 Å². The van der Waals surface area contributed by atoms with Crippen molar-refractivity contribution in [3.63, 3.8) is 0 Å². The Morgan fingerprint density at radius 1 is 1.07 bits per heavy atom. The molecule has 0 spiro atoms. The summed E-state index contributed by atoms with van der Waals surface area (Å²) in [6, 6.07) is 16.4. The molecule has 0 aliphatic heterocycles. The lowest BCUT2D eigenvalue weighted by atomic mass is 10.1. The summed E-state index contributed by atoms with van der Waals surface area (Å²) in [7, 11) is -1.05. The fraction of sp³-hybridized carbons (Fsp3) is 0.0500. The van der Waals surface area contributed by atoms with Gasteiger partial charge in [-0.05, 0) is 42.1 Å². The average molecular weight is 412 g/mol. The minimum Gasteiger partial charge on any atom is -0.397 e. The van der Waals surface area contributed by atoms with Crippen LogP contribution in [0.25, 0.3) is 21.3 Å². The van der Waals surface area contributed by atoms with E-state index in [-0.39, 0.29) is 9.10 Å². The van der Waals surface area contributed by atoms with Gasteiger partial charge >= 0.3 is 0 Å². The third-order valence-corrected chi connectivity index (χ3v) is 8.05. The minimum absolute atomic E-state index is 0.274. The van der Waals surface area contributed by atoms with Crippen molar-refractivity contribution < 1.29 is 8.42 Å². The van der Waals surface area contributed by atoms with Crippen molar-refractivity contribution in [2.75, 3.05) is 5.73 Å². The lowest BCUT2D eigenvalue weighted by molar-refractivity contribution is 0.598. The lowest BCUT2D eigenvalue weighted by Crippen LogP contribution is -2.02. The first-order valence-electron chi connectivity index (χ1n) is 8.22. The van der Waals surface area contributed by atoms with E-state index in [1.807, 2.05) is 31.2 Å². The average Bonchev–Trinajstić information content (AvgIpc) is 3.01. The zero-order chi connectivity index (χ0) is 19.2. The maximum Gasteiger partial charge on any atom is 0.216 e. The molecule has 2 aromatic heterocycles. The number of aryl methyl sites for hydroxylation is 1. The highest BCUT2D eigenvalue weighted by Gasteiger charge is 2.27. The number of rotatable bonds is 3. The second-order valence-electron chi connectivity index (χ2n) is 6.33. The van der Waals surface area contributed by atoms with Gasteiger partial charge in [0.2, 0.25) is 9.84 Å². The van der Waals surface area contributed by atoms with Crippen LogP contribution in [0, 0.1) is 6.92 Å². The Morgan fingerprint density at radius 3 is 2.52 bits per heavy atom. The number of hydrogen-bond acceptors (Lipinski definition) is 5. The second-order valence-corrected chi connectivity index (χ2v) is 10.1. The maximum absolute atomic E-state index is 13.4. The van der Waals surface area contributed by atoms with Gasteiger partial charge in [-0.15, -0.1) is 20.6 Å². The Kier molecular flexibility index (Phi) is 4.50. The number of nitrogens with two attached hydrogens (primary N) is 1. The molecule has 0 fully saturated rings. The Hall–Kier alpha value is -2.27. The highest BCUT2D eigenvalue weighted by molar-refractivity contribution is 7.93. The maximum atomic E-state index is 13.4. The molecule has 136 valence electrons. The van der Waals surface area contributed by atoms with Gasteiger partial charge in [0.05, 0.1) is 16.8 Å². The van der Waals surface area contributed by atoms with E-state index in [2.05, 4.69) is 14.2 Å². The van der Waals surface area contributed by atoms with E-state index < -0.39 is 9.84 Å². The van der Waals surface area contributed by atoms with Crippen molar-refractivity contribution in [3.8, 4) is 11.1 Å². The number of fused-ring (bicyclic) bond motifs is 1. The molecule has 0 saturated carbocycles. The first-order chi connectivity index (χ1) is 12.9. The number of hydrogen-bond donors (Lipinski definition) is 1. The zero-order valence-corrected chi connectivity index (χ0v) is 17.3. The fourth-order valence-corrected chi connectivity index (χ4v) is 6.30. The first-order valence-corrected chi connectivity index (χ1v) is 11.1. The fourth-order valence-electron chi connectivity index (χ4n) is 2.96. The number of sulfone groups is 1. The van der Waals surface area contributed by atoms with Crippen LogP contribution < -0.4 is 11.0 Å². The van der Waals surface area contributed by atoms with Crippen molar-refractivity contribution in [2.24, 2.45) is 0 Å². The Bertz CT molecular complexity index is 1260. The normalized spacial score (nSPS) is 11.8. The quantitative estimate of drug-likeness (QED) is 0.512. The van der Waals surface area contributed by atoms with Crippen LogP contribution in [0.2, 0.25) is 0 Å². The van der Waals surface area contributed by atoms with Crippen LogP contribution in [-0.2, 0) is 9.84 Å². The van der Waals surface area contributed by atoms with Gasteiger partial charge in [-0.25, -0.2) is 13.4 Å². The van der Waals surface area contributed by atoms with E-state index in [0.717, 1.165) is 21.8 Å². The summed E-state index contributed by atoms with van der Waals surface area (Å²) in [5.41, 5.74) is 8.93. The van der Waals surface area contributed by atoms with Crippen LogP contribution in [0.15, 0.2) is 69.9 Å². The van der Waals surface area contributed by atoms with Crippen LogP contribution >= 0.6 is 20.6 Å². The number of thiophene rings is 1. The van der Waals surface area contributed by atoms with Crippen molar-refractivity contribution >= 4 is 51.6 Å². The molecule has 7 heteroatoms. The summed E-state index contributed by atoms with van der Waals surface area (Å²) >= 11 is 1.18. The van der Waals surface area contributed by atoms with Gasteiger partial charge in [-0.3, -0.25) is 0 Å². The van der Waals surface area contributed by atoms with Gasteiger partial charge in [0.1, 0.15) is 9.04 Å². The van der Waals surface area contributed by atoms with E-state index >= 15 is 0 Å². The molecule has 27 heavy (non-hydrogen) atoms. The summed E-state index contributed by atoms with van der Waals surface area (Å²) in [4.78, 5) is 5.28. The molecule has 4 aromatic rings. The van der Waals surface area contributed by atoms with Gasteiger partial charge in [0.15, 0.2) is 0 Å².